The molecule has 0 aliphatic rings. The maximum Gasteiger partial charge on any atom is 0.188 e. The summed E-state index contributed by atoms with van der Waals surface area (Å²) in [6.07, 6.45) is 0. The molecule has 0 spiro atoms. The normalized spacial score (nSPS) is 11.6. The van der Waals surface area contributed by atoms with Crippen LogP contribution in [0.3, 0.4) is 0 Å². The van der Waals surface area contributed by atoms with E-state index >= 15 is 0 Å². The molecule has 0 N–H and O–H groups in total. The van der Waals surface area contributed by atoms with E-state index in [0.29, 0.717) is 11.3 Å². The van der Waals surface area contributed by atoms with E-state index in [1.54, 1.807) is 0 Å². The van der Waals surface area contributed by atoms with Crippen molar-refractivity contribution in [2.45, 2.75) is 0 Å². The Kier molecular flexibility index (Phi) is 6.61. The number of nitriles is 1. The van der Waals surface area contributed by atoms with Crippen LogP contribution in [0.2, 0.25) is 0 Å². The van der Waals surface area contributed by atoms with Crippen LogP contribution in [0.25, 0.3) is 98.5 Å². The average Bonchev–Trinajstić information content (AvgIpc) is 3.88. The summed E-state index contributed by atoms with van der Waals surface area (Å²) >= 11 is 0. The highest BCUT2D eigenvalue weighted by molar-refractivity contribution is 6.13. The molecule has 3 aromatic heterocycles. The lowest BCUT2D eigenvalue weighted by Gasteiger charge is -2.17. The van der Waals surface area contributed by atoms with Crippen LogP contribution in [0.1, 0.15) is 5.56 Å². The van der Waals surface area contributed by atoms with Gasteiger partial charge >= 0.3 is 0 Å². The molecular formula is C50H29N5. The molecule has 11 aromatic rings. The van der Waals surface area contributed by atoms with Crippen molar-refractivity contribution >= 4 is 71.1 Å². The lowest BCUT2D eigenvalue weighted by atomic mass is 9.96. The van der Waals surface area contributed by atoms with E-state index < -0.39 is 0 Å². The lowest BCUT2D eigenvalue weighted by Crippen LogP contribution is -2.02. The maximum absolute atomic E-state index is 11.0. The summed E-state index contributed by atoms with van der Waals surface area (Å²) < 4.78 is 6.88. The summed E-state index contributed by atoms with van der Waals surface area (Å²) in [7, 11) is 0. The van der Waals surface area contributed by atoms with Gasteiger partial charge in [0.1, 0.15) is 6.07 Å². The second-order valence-corrected chi connectivity index (χ2v) is 13.9. The summed E-state index contributed by atoms with van der Waals surface area (Å²) in [6, 6.07) is 63.7. The van der Waals surface area contributed by atoms with E-state index in [2.05, 4.69) is 152 Å². The number of aromatic nitrogens is 3. The maximum atomic E-state index is 11.0. The first kappa shape index (κ1) is 30.7. The number of para-hydroxylation sites is 5. The predicted molar refractivity (Wildman–Crippen MR) is 226 cm³/mol. The molecule has 0 aliphatic carbocycles. The van der Waals surface area contributed by atoms with Crippen molar-refractivity contribution in [3.8, 4) is 34.3 Å². The molecule has 0 atom stereocenters. The molecule has 0 radical (unpaired) electrons. The van der Waals surface area contributed by atoms with Crippen LogP contribution in [-0.2, 0) is 0 Å². The Hall–Kier alpha value is -7.86. The van der Waals surface area contributed by atoms with E-state index in [9.17, 15) is 5.26 Å². The molecule has 55 heavy (non-hydrogen) atoms. The van der Waals surface area contributed by atoms with Crippen molar-refractivity contribution in [1.82, 2.24) is 13.7 Å². The van der Waals surface area contributed by atoms with Gasteiger partial charge in [-0.25, -0.2) is 4.85 Å². The molecule has 0 bridgehead atoms. The van der Waals surface area contributed by atoms with Gasteiger partial charge in [-0.05, 0) is 72.1 Å². The molecule has 0 aliphatic heterocycles. The first-order valence-corrected chi connectivity index (χ1v) is 18.3. The summed E-state index contributed by atoms with van der Waals surface area (Å²) in [5.41, 5.74) is 12.4. The van der Waals surface area contributed by atoms with Gasteiger partial charge in [-0.1, -0.05) is 109 Å². The summed E-state index contributed by atoms with van der Waals surface area (Å²) in [4.78, 5) is 3.70. The Morgan fingerprint density at radius 3 is 1.47 bits per heavy atom. The first-order valence-electron chi connectivity index (χ1n) is 18.3. The van der Waals surface area contributed by atoms with Gasteiger partial charge in [-0.15, -0.1) is 0 Å². The van der Waals surface area contributed by atoms with Gasteiger partial charge in [-0.2, -0.15) is 5.26 Å². The van der Waals surface area contributed by atoms with Crippen LogP contribution >= 0.6 is 0 Å². The number of rotatable bonds is 4. The summed E-state index contributed by atoms with van der Waals surface area (Å²) in [5.74, 6) is 0. The number of hydrogen-bond acceptors (Lipinski definition) is 1. The van der Waals surface area contributed by atoms with Crippen LogP contribution in [-0.4, -0.2) is 13.7 Å². The summed E-state index contributed by atoms with van der Waals surface area (Å²) in [6.45, 7) is 7.64. The Morgan fingerprint density at radius 1 is 0.400 bits per heavy atom. The molecule has 5 nitrogen and oxygen atoms in total. The molecule has 0 amide bonds. The number of nitrogens with zero attached hydrogens (tertiary/aromatic N) is 5. The highest BCUT2D eigenvalue weighted by Crippen LogP contribution is 2.42. The van der Waals surface area contributed by atoms with Crippen molar-refractivity contribution < 1.29 is 0 Å². The van der Waals surface area contributed by atoms with E-state index in [-0.39, 0.29) is 0 Å². The van der Waals surface area contributed by atoms with Crippen LogP contribution in [0.15, 0.2) is 176 Å². The molecule has 8 aromatic carbocycles. The van der Waals surface area contributed by atoms with Gasteiger partial charge in [0.15, 0.2) is 5.69 Å². The molecule has 254 valence electrons. The largest absolute Gasteiger partial charge is 0.309 e. The van der Waals surface area contributed by atoms with E-state index in [1.165, 1.54) is 21.8 Å². The number of benzene rings is 8. The van der Waals surface area contributed by atoms with Gasteiger partial charge < -0.3 is 13.7 Å². The third kappa shape index (κ3) is 4.39. The zero-order valence-corrected chi connectivity index (χ0v) is 29.5. The van der Waals surface area contributed by atoms with Crippen molar-refractivity contribution in [2.24, 2.45) is 0 Å². The zero-order valence-electron chi connectivity index (χ0n) is 29.5. The van der Waals surface area contributed by atoms with Gasteiger partial charge in [0.25, 0.3) is 0 Å². The van der Waals surface area contributed by atoms with Gasteiger partial charge in [-0.3, -0.25) is 0 Å². The second kappa shape index (κ2) is 11.8. The first-order chi connectivity index (χ1) is 27.2. The molecular weight excluding hydrogens is 671 g/mol. The highest BCUT2D eigenvalue weighted by atomic mass is 15.0. The van der Waals surface area contributed by atoms with Gasteiger partial charge in [0, 0.05) is 43.7 Å². The molecule has 0 unspecified atom stereocenters. The molecule has 0 fully saturated rings. The van der Waals surface area contributed by atoms with Crippen molar-refractivity contribution in [2.75, 3.05) is 0 Å². The third-order valence-electron chi connectivity index (χ3n) is 11.1. The minimum Gasteiger partial charge on any atom is -0.309 e. The van der Waals surface area contributed by atoms with Crippen LogP contribution in [0.5, 0.6) is 0 Å². The fourth-order valence-electron chi connectivity index (χ4n) is 8.82. The van der Waals surface area contributed by atoms with Crippen molar-refractivity contribution in [3.05, 3.63) is 193 Å². The second-order valence-electron chi connectivity index (χ2n) is 13.9. The quantitative estimate of drug-likeness (QED) is 0.169. The molecule has 0 saturated heterocycles. The highest BCUT2D eigenvalue weighted by Gasteiger charge is 2.22. The standard InChI is InChI=1S/C50H29N5/c1-52-32-25-27-49-40(29-32)38-16-5-10-22-46(38)55(49)48-24-12-18-34(42(48)31-51)35-13-2-9-21-45(35)54-47-23-11-6-17-39(47)41-30-33(26-28-50(41)54)53-43-19-7-3-14-36(43)37-15-4-8-20-44(37)53/h2-30H. The van der Waals surface area contributed by atoms with Crippen LogP contribution in [0, 0.1) is 17.9 Å². The fourth-order valence-corrected chi connectivity index (χ4v) is 8.82. The topological polar surface area (TPSA) is 42.9 Å². The van der Waals surface area contributed by atoms with Crippen molar-refractivity contribution in [3.63, 3.8) is 0 Å². The SMILES string of the molecule is [C-]#[N+]c1ccc2c(c1)c1ccccc1n2-c1cccc(-c2ccccc2-n2c3ccccc3c3cc(-n4c5ccccc5c5ccccc54)ccc32)c1C#N. The van der Waals surface area contributed by atoms with Crippen molar-refractivity contribution in [1.29, 1.82) is 5.26 Å². The molecule has 0 saturated carbocycles. The minimum atomic E-state index is 0.585. The molecule has 5 heteroatoms. The van der Waals surface area contributed by atoms with Gasteiger partial charge in [0.2, 0.25) is 0 Å². The van der Waals surface area contributed by atoms with Gasteiger partial charge in [0.05, 0.1) is 56.6 Å². The number of hydrogen-bond donors (Lipinski definition) is 0. The smallest absolute Gasteiger partial charge is 0.188 e. The molecule has 3 heterocycles. The summed E-state index contributed by atoms with van der Waals surface area (Å²) in [5, 5.41) is 17.8. The van der Waals surface area contributed by atoms with E-state index in [1.807, 2.05) is 48.5 Å². The Balaban J connectivity index is 1.15. The van der Waals surface area contributed by atoms with Crippen LogP contribution < -0.4 is 0 Å². The Labute approximate surface area is 316 Å². The Bertz CT molecular complexity index is 3420. The number of fused-ring (bicyclic) bond motifs is 9. The van der Waals surface area contributed by atoms with E-state index in [0.717, 1.165) is 71.8 Å². The average molecular weight is 700 g/mol. The monoisotopic (exact) mass is 699 g/mol. The minimum absolute atomic E-state index is 0.585. The van der Waals surface area contributed by atoms with E-state index in [4.69, 9.17) is 6.57 Å². The molecule has 11 rings (SSSR count). The lowest BCUT2D eigenvalue weighted by molar-refractivity contribution is 1.16. The Morgan fingerprint density at radius 2 is 0.855 bits per heavy atom. The fraction of sp³-hybridized carbons (Fsp3) is 0. The van der Waals surface area contributed by atoms with Crippen LogP contribution in [0.4, 0.5) is 5.69 Å². The predicted octanol–water partition coefficient (Wildman–Crippen LogP) is 13.1. The zero-order chi connectivity index (χ0) is 36.6. The third-order valence-corrected chi connectivity index (χ3v) is 11.1.